The lowest BCUT2D eigenvalue weighted by Crippen LogP contribution is -2.30. The summed E-state index contributed by atoms with van der Waals surface area (Å²) in [6.07, 6.45) is 6.65. The maximum absolute atomic E-state index is 3.44. The summed E-state index contributed by atoms with van der Waals surface area (Å²) in [4.78, 5) is 0. The molecule has 1 N–H and O–H groups in total. The van der Waals surface area contributed by atoms with Gasteiger partial charge in [-0.1, -0.05) is 11.9 Å². The van der Waals surface area contributed by atoms with Crippen molar-refractivity contribution in [2.75, 3.05) is 5.75 Å². The molecule has 2 aliphatic rings. The monoisotopic (exact) mass is 142 g/mol. The molecule has 0 spiro atoms. The zero-order chi connectivity index (χ0) is 6.10. The fourth-order valence-corrected chi connectivity index (χ4v) is 2.11. The van der Waals surface area contributed by atoms with Crippen LogP contribution in [-0.2, 0) is 0 Å². The minimum Gasteiger partial charge on any atom is -0.260 e. The SMILES string of the molecule is [CH]1CCSNC1C1CC1. The summed E-state index contributed by atoms with van der Waals surface area (Å²) in [6, 6.07) is 0.753. The molecule has 1 nitrogen and oxygen atoms in total. The Bertz CT molecular complexity index is 95.1. The summed E-state index contributed by atoms with van der Waals surface area (Å²) < 4.78 is 3.44. The topological polar surface area (TPSA) is 12.0 Å². The average molecular weight is 142 g/mol. The molecule has 0 aromatic rings. The van der Waals surface area contributed by atoms with E-state index in [1.54, 1.807) is 0 Å². The van der Waals surface area contributed by atoms with Gasteiger partial charge in [0.1, 0.15) is 0 Å². The van der Waals surface area contributed by atoms with Gasteiger partial charge in [0.05, 0.1) is 0 Å². The Morgan fingerprint density at radius 1 is 1.44 bits per heavy atom. The molecule has 51 valence electrons. The first-order valence-electron chi connectivity index (χ1n) is 3.67. The first-order chi connectivity index (χ1) is 4.47. The van der Waals surface area contributed by atoms with E-state index in [0.717, 1.165) is 12.0 Å². The quantitative estimate of drug-likeness (QED) is 0.558. The van der Waals surface area contributed by atoms with Gasteiger partial charge < -0.3 is 0 Å². The molecule has 1 radical (unpaired) electrons. The van der Waals surface area contributed by atoms with E-state index in [1.165, 1.54) is 25.0 Å². The maximum Gasteiger partial charge on any atom is 0.0231 e. The third-order valence-electron chi connectivity index (χ3n) is 1.99. The molecule has 1 unspecified atom stereocenters. The second-order valence-electron chi connectivity index (χ2n) is 2.85. The predicted octanol–water partition coefficient (Wildman–Crippen LogP) is 1.61. The molecule has 0 aromatic carbocycles. The Labute approximate surface area is 60.7 Å². The highest BCUT2D eigenvalue weighted by molar-refractivity contribution is 7.97. The molecule has 2 fully saturated rings. The fourth-order valence-electron chi connectivity index (χ4n) is 1.25. The molecule has 1 heterocycles. The second-order valence-corrected chi connectivity index (χ2v) is 3.79. The number of hydrogen-bond acceptors (Lipinski definition) is 2. The Morgan fingerprint density at radius 3 is 2.89 bits per heavy atom. The van der Waals surface area contributed by atoms with E-state index in [1.807, 2.05) is 11.9 Å². The smallest absolute Gasteiger partial charge is 0.0231 e. The summed E-state index contributed by atoms with van der Waals surface area (Å²) in [5, 5.41) is 0. The van der Waals surface area contributed by atoms with Crippen LogP contribution in [-0.4, -0.2) is 11.8 Å². The van der Waals surface area contributed by atoms with Gasteiger partial charge in [-0.2, -0.15) is 0 Å². The zero-order valence-corrected chi connectivity index (χ0v) is 6.29. The summed E-state index contributed by atoms with van der Waals surface area (Å²) in [5.41, 5.74) is 0. The van der Waals surface area contributed by atoms with Crippen LogP contribution in [0.5, 0.6) is 0 Å². The molecule has 1 saturated heterocycles. The predicted molar refractivity (Wildman–Crippen MR) is 41.0 cm³/mol. The summed E-state index contributed by atoms with van der Waals surface area (Å²) >= 11 is 1.89. The van der Waals surface area contributed by atoms with E-state index < -0.39 is 0 Å². The summed E-state index contributed by atoms with van der Waals surface area (Å²) in [6.45, 7) is 0. The van der Waals surface area contributed by atoms with E-state index in [2.05, 4.69) is 11.1 Å². The van der Waals surface area contributed by atoms with Crippen molar-refractivity contribution in [3.63, 3.8) is 0 Å². The molecule has 2 heteroatoms. The van der Waals surface area contributed by atoms with Crippen molar-refractivity contribution in [3.05, 3.63) is 6.42 Å². The van der Waals surface area contributed by atoms with Crippen molar-refractivity contribution in [1.82, 2.24) is 4.72 Å². The molecule has 0 bridgehead atoms. The third kappa shape index (κ3) is 1.41. The van der Waals surface area contributed by atoms with Gasteiger partial charge in [0.15, 0.2) is 0 Å². The normalized spacial score (nSPS) is 36.7. The highest BCUT2D eigenvalue weighted by Crippen LogP contribution is 2.36. The molecular formula is C7H12NS. The van der Waals surface area contributed by atoms with E-state index in [4.69, 9.17) is 0 Å². The largest absolute Gasteiger partial charge is 0.260 e. The molecule has 1 aliphatic carbocycles. The minimum atomic E-state index is 0.753. The molecule has 1 atom stereocenters. The van der Waals surface area contributed by atoms with Gasteiger partial charge in [-0.05, 0) is 31.6 Å². The van der Waals surface area contributed by atoms with Crippen LogP contribution in [0.1, 0.15) is 19.3 Å². The van der Waals surface area contributed by atoms with Gasteiger partial charge >= 0.3 is 0 Å². The van der Waals surface area contributed by atoms with Gasteiger partial charge in [-0.3, -0.25) is 4.72 Å². The van der Waals surface area contributed by atoms with Gasteiger partial charge in [-0.15, -0.1) is 0 Å². The van der Waals surface area contributed by atoms with Gasteiger partial charge in [0.2, 0.25) is 0 Å². The molecular weight excluding hydrogens is 130 g/mol. The van der Waals surface area contributed by atoms with Crippen molar-refractivity contribution < 1.29 is 0 Å². The Balaban J connectivity index is 1.80. The summed E-state index contributed by atoms with van der Waals surface area (Å²) in [7, 11) is 0. The van der Waals surface area contributed by atoms with Crippen molar-refractivity contribution in [2.24, 2.45) is 5.92 Å². The van der Waals surface area contributed by atoms with Crippen LogP contribution >= 0.6 is 11.9 Å². The first kappa shape index (κ1) is 6.05. The standard InChI is InChI=1S/C7H12NS/c1-2-7(6-3-4-6)8-9-5-1/h2,6-8H,1,3-5H2. The van der Waals surface area contributed by atoms with E-state index >= 15 is 0 Å². The van der Waals surface area contributed by atoms with Crippen molar-refractivity contribution in [3.8, 4) is 0 Å². The Morgan fingerprint density at radius 2 is 2.33 bits per heavy atom. The van der Waals surface area contributed by atoms with Crippen LogP contribution in [0, 0.1) is 12.3 Å². The Hall–Kier alpha value is 0.310. The summed E-state index contributed by atoms with van der Waals surface area (Å²) in [5.74, 6) is 2.27. The van der Waals surface area contributed by atoms with Crippen LogP contribution in [0.4, 0.5) is 0 Å². The molecule has 1 aliphatic heterocycles. The van der Waals surface area contributed by atoms with Crippen LogP contribution < -0.4 is 4.72 Å². The van der Waals surface area contributed by atoms with E-state index in [9.17, 15) is 0 Å². The van der Waals surface area contributed by atoms with E-state index in [-0.39, 0.29) is 0 Å². The zero-order valence-electron chi connectivity index (χ0n) is 5.47. The average Bonchev–Trinajstić information content (AvgIpc) is 2.71. The van der Waals surface area contributed by atoms with Gasteiger partial charge in [-0.25, -0.2) is 0 Å². The van der Waals surface area contributed by atoms with Crippen LogP contribution in [0.15, 0.2) is 0 Å². The second kappa shape index (κ2) is 2.51. The Kier molecular flexibility index (Phi) is 1.68. The molecule has 2 rings (SSSR count). The highest BCUT2D eigenvalue weighted by atomic mass is 32.2. The van der Waals surface area contributed by atoms with Gasteiger partial charge in [0.25, 0.3) is 0 Å². The van der Waals surface area contributed by atoms with Crippen molar-refractivity contribution in [1.29, 1.82) is 0 Å². The molecule has 1 saturated carbocycles. The number of hydrogen-bond donors (Lipinski definition) is 1. The van der Waals surface area contributed by atoms with Crippen LogP contribution in [0.2, 0.25) is 0 Å². The number of rotatable bonds is 1. The van der Waals surface area contributed by atoms with Gasteiger partial charge in [0, 0.05) is 11.8 Å². The van der Waals surface area contributed by atoms with Crippen LogP contribution in [0.3, 0.4) is 0 Å². The lowest BCUT2D eigenvalue weighted by atomic mass is 10.1. The van der Waals surface area contributed by atoms with Crippen LogP contribution in [0.25, 0.3) is 0 Å². The lowest BCUT2D eigenvalue weighted by Gasteiger charge is -2.21. The highest BCUT2D eigenvalue weighted by Gasteiger charge is 2.31. The van der Waals surface area contributed by atoms with E-state index in [0.29, 0.717) is 0 Å². The third-order valence-corrected chi connectivity index (χ3v) is 2.87. The number of nitrogens with one attached hydrogen (secondary N) is 1. The van der Waals surface area contributed by atoms with Crippen molar-refractivity contribution in [2.45, 2.75) is 25.3 Å². The molecule has 9 heavy (non-hydrogen) atoms. The fraction of sp³-hybridized carbons (Fsp3) is 0.857. The van der Waals surface area contributed by atoms with Crippen molar-refractivity contribution >= 4 is 11.9 Å². The molecule has 0 amide bonds. The maximum atomic E-state index is 3.44. The first-order valence-corrected chi connectivity index (χ1v) is 4.66. The molecule has 0 aromatic heterocycles. The minimum absolute atomic E-state index is 0.753. The lowest BCUT2D eigenvalue weighted by molar-refractivity contribution is 0.599.